The first-order valence-electron chi connectivity index (χ1n) is 7.14. The topological polar surface area (TPSA) is 16.1 Å². The van der Waals surface area contributed by atoms with E-state index >= 15 is 0 Å². The first-order chi connectivity index (χ1) is 10.3. The van der Waals surface area contributed by atoms with Crippen LogP contribution in [0.15, 0.2) is 48.1 Å². The zero-order chi connectivity index (χ0) is 14.7. The number of aromatic nitrogens is 1. The molecule has 2 aromatic heterocycles. The first kappa shape index (κ1) is 17.1. The van der Waals surface area contributed by atoms with Gasteiger partial charge in [0.05, 0.1) is 5.69 Å². The average molecular weight is 353 g/mol. The van der Waals surface area contributed by atoms with Crippen molar-refractivity contribution in [2.75, 3.05) is 11.4 Å². The van der Waals surface area contributed by atoms with Crippen LogP contribution in [0.25, 0.3) is 10.1 Å². The summed E-state index contributed by atoms with van der Waals surface area (Å²) in [6.45, 7) is 3.23. The van der Waals surface area contributed by atoms with Gasteiger partial charge in [-0.1, -0.05) is 24.9 Å². The standard InChI is InChI=1S/C17H17ClN2S.ClH/c1-2-3-10-20(14-6-8-19-9-7-14)16-12-21-17-11-13(18)4-5-15(16)17;/h4-9,11-12H,2-3,10H2,1H3;1H. The summed E-state index contributed by atoms with van der Waals surface area (Å²) in [5.74, 6) is 0. The molecular formula is C17H18Cl2N2S. The number of fused-ring (bicyclic) bond motifs is 1. The summed E-state index contributed by atoms with van der Waals surface area (Å²) in [6.07, 6.45) is 6.03. The number of anilines is 2. The second-order valence-electron chi connectivity index (χ2n) is 4.97. The third kappa shape index (κ3) is 3.54. The van der Waals surface area contributed by atoms with Gasteiger partial charge in [-0.25, -0.2) is 0 Å². The fourth-order valence-corrected chi connectivity index (χ4v) is 3.65. The minimum absolute atomic E-state index is 0. The third-order valence-electron chi connectivity index (χ3n) is 3.52. The maximum absolute atomic E-state index is 6.09. The van der Waals surface area contributed by atoms with Crippen molar-refractivity contribution in [1.82, 2.24) is 4.98 Å². The molecule has 116 valence electrons. The quantitative estimate of drug-likeness (QED) is 0.534. The summed E-state index contributed by atoms with van der Waals surface area (Å²) < 4.78 is 1.23. The van der Waals surface area contributed by atoms with Crippen LogP contribution in [0.4, 0.5) is 11.4 Å². The Kier molecular flexibility index (Phi) is 6.07. The van der Waals surface area contributed by atoms with E-state index in [1.54, 1.807) is 11.3 Å². The van der Waals surface area contributed by atoms with Crippen LogP contribution in [0, 0.1) is 0 Å². The molecule has 5 heteroatoms. The Hall–Kier alpha value is -1.29. The van der Waals surface area contributed by atoms with E-state index in [4.69, 9.17) is 11.6 Å². The molecule has 0 aliphatic rings. The van der Waals surface area contributed by atoms with Crippen LogP contribution in [0.1, 0.15) is 19.8 Å². The molecule has 0 unspecified atom stereocenters. The molecule has 3 rings (SSSR count). The van der Waals surface area contributed by atoms with E-state index in [9.17, 15) is 0 Å². The monoisotopic (exact) mass is 352 g/mol. The smallest absolute Gasteiger partial charge is 0.0599 e. The van der Waals surface area contributed by atoms with Gasteiger partial charge in [-0.15, -0.1) is 23.7 Å². The maximum Gasteiger partial charge on any atom is 0.0599 e. The maximum atomic E-state index is 6.09. The molecule has 22 heavy (non-hydrogen) atoms. The van der Waals surface area contributed by atoms with Crippen molar-refractivity contribution in [2.24, 2.45) is 0 Å². The molecule has 0 fully saturated rings. The molecule has 0 aliphatic carbocycles. The van der Waals surface area contributed by atoms with Crippen LogP contribution < -0.4 is 4.90 Å². The Labute approximate surface area is 146 Å². The van der Waals surface area contributed by atoms with Gasteiger partial charge < -0.3 is 4.90 Å². The molecule has 0 saturated heterocycles. The fourth-order valence-electron chi connectivity index (χ4n) is 2.43. The Morgan fingerprint density at radius 3 is 2.68 bits per heavy atom. The Bertz CT molecular complexity index is 728. The molecule has 0 spiro atoms. The van der Waals surface area contributed by atoms with Crippen LogP contribution in [-0.4, -0.2) is 11.5 Å². The van der Waals surface area contributed by atoms with Crippen molar-refractivity contribution in [3.63, 3.8) is 0 Å². The van der Waals surface area contributed by atoms with Crippen molar-refractivity contribution in [3.05, 3.63) is 53.1 Å². The molecule has 0 N–H and O–H groups in total. The van der Waals surface area contributed by atoms with Crippen molar-refractivity contribution in [2.45, 2.75) is 19.8 Å². The molecule has 3 aromatic rings. The minimum atomic E-state index is 0. The van der Waals surface area contributed by atoms with Crippen molar-refractivity contribution < 1.29 is 0 Å². The molecule has 0 saturated carbocycles. The summed E-state index contributed by atoms with van der Waals surface area (Å²) in [7, 11) is 0. The highest BCUT2D eigenvalue weighted by atomic mass is 35.5. The molecule has 2 heterocycles. The van der Waals surface area contributed by atoms with Gasteiger partial charge in [-0.2, -0.15) is 0 Å². The lowest BCUT2D eigenvalue weighted by Crippen LogP contribution is -2.17. The van der Waals surface area contributed by atoms with Gasteiger partial charge in [0, 0.05) is 45.1 Å². The van der Waals surface area contributed by atoms with E-state index < -0.39 is 0 Å². The number of thiophene rings is 1. The zero-order valence-corrected chi connectivity index (χ0v) is 14.7. The number of halogens is 2. The average Bonchev–Trinajstić information content (AvgIpc) is 2.92. The summed E-state index contributed by atoms with van der Waals surface area (Å²) >= 11 is 7.84. The molecule has 0 radical (unpaired) electrons. The Morgan fingerprint density at radius 1 is 1.18 bits per heavy atom. The van der Waals surface area contributed by atoms with Gasteiger partial charge >= 0.3 is 0 Å². The predicted molar refractivity (Wildman–Crippen MR) is 100 cm³/mol. The largest absolute Gasteiger partial charge is 0.340 e. The fraction of sp³-hybridized carbons (Fsp3) is 0.235. The van der Waals surface area contributed by atoms with Crippen molar-refractivity contribution in [3.8, 4) is 0 Å². The lowest BCUT2D eigenvalue weighted by atomic mass is 10.2. The van der Waals surface area contributed by atoms with E-state index in [2.05, 4.69) is 40.4 Å². The summed E-state index contributed by atoms with van der Waals surface area (Å²) in [4.78, 5) is 6.49. The second-order valence-corrected chi connectivity index (χ2v) is 6.32. The number of pyridine rings is 1. The molecule has 0 aliphatic heterocycles. The van der Waals surface area contributed by atoms with Crippen LogP contribution in [0.3, 0.4) is 0 Å². The molecule has 0 amide bonds. The number of hydrogen-bond acceptors (Lipinski definition) is 3. The Balaban J connectivity index is 0.00000176. The van der Waals surface area contributed by atoms with Gasteiger partial charge in [0.1, 0.15) is 0 Å². The normalized spacial score (nSPS) is 10.5. The third-order valence-corrected chi connectivity index (χ3v) is 4.69. The number of rotatable bonds is 5. The van der Waals surface area contributed by atoms with Crippen LogP contribution >= 0.6 is 35.3 Å². The lowest BCUT2D eigenvalue weighted by molar-refractivity contribution is 0.787. The van der Waals surface area contributed by atoms with Crippen LogP contribution in [0.5, 0.6) is 0 Å². The summed E-state index contributed by atoms with van der Waals surface area (Å²) in [5, 5.41) is 4.27. The second kappa shape index (κ2) is 7.82. The van der Waals surface area contributed by atoms with Crippen LogP contribution in [0.2, 0.25) is 5.02 Å². The summed E-state index contributed by atoms with van der Waals surface area (Å²) in [5.41, 5.74) is 2.44. The molecule has 0 bridgehead atoms. The predicted octanol–water partition coefficient (Wildman–Crippen LogP) is 6.31. The molecular weight excluding hydrogens is 335 g/mol. The highest BCUT2D eigenvalue weighted by molar-refractivity contribution is 7.17. The zero-order valence-electron chi connectivity index (χ0n) is 12.3. The Morgan fingerprint density at radius 2 is 1.95 bits per heavy atom. The highest BCUT2D eigenvalue weighted by Gasteiger charge is 2.14. The van der Waals surface area contributed by atoms with E-state index in [-0.39, 0.29) is 12.4 Å². The SMILES string of the molecule is CCCCN(c1ccncc1)c1csc2cc(Cl)ccc12.Cl. The van der Waals surface area contributed by atoms with Gasteiger partial charge in [0.25, 0.3) is 0 Å². The van der Waals surface area contributed by atoms with Gasteiger partial charge in [-0.3, -0.25) is 4.98 Å². The van der Waals surface area contributed by atoms with E-state index in [0.29, 0.717) is 0 Å². The van der Waals surface area contributed by atoms with Gasteiger partial charge in [0.2, 0.25) is 0 Å². The number of benzene rings is 1. The molecule has 1 aromatic carbocycles. The first-order valence-corrected chi connectivity index (χ1v) is 8.39. The molecule has 2 nitrogen and oxygen atoms in total. The van der Waals surface area contributed by atoms with E-state index in [0.717, 1.165) is 18.0 Å². The number of unbranched alkanes of at least 4 members (excludes halogenated alkanes) is 1. The van der Waals surface area contributed by atoms with Gasteiger partial charge in [-0.05, 0) is 36.8 Å². The van der Waals surface area contributed by atoms with E-state index in [1.165, 1.54) is 27.9 Å². The van der Waals surface area contributed by atoms with Gasteiger partial charge in [0.15, 0.2) is 0 Å². The van der Waals surface area contributed by atoms with Crippen molar-refractivity contribution >= 4 is 56.8 Å². The van der Waals surface area contributed by atoms with Crippen molar-refractivity contribution in [1.29, 1.82) is 0 Å². The lowest BCUT2D eigenvalue weighted by Gasteiger charge is -2.24. The number of nitrogens with zero attached hydrogens (tertiary/aromatic N) is 2. The number of hydrogen-bond donors (Lipinski definition) is 0. The summed E-state index contributed by atoms with van der Waals surface area (Å²) in [6, 6.07) is 10.2. The highest BCUT2D eigenvalue weighted by Crippen LogP contribution is 2.38. The minimum Gasteiger partial charge on any atom is -0.340 e. The van der Waals surface area contributed by atoms with E-state index in [1.807, 2.05) is 24.5 Å². The van der Waals surface area contributed by atoms with Crippen LogP contribution in [-0.2, 0) is 0 Å². The molecule has 0 atom stereocenters.